The Balaban J connectivity index is 5.45. The SMILES string of the molecule is C=CN(CC(C)C)C(/N=C(\C)F)=C(\N)C(=N)N. The predicted octanol–water partition coefficient (Wildman–Crippen LogP) is 1.54. The number of aliphatic imine (C=N–C) groups is 1. The predicted molar refractivity (Wildman–Crippen MR) is 69.1 cm³/mol. The normalized spacial score (nSPS) is 13.4. The molecule has 0 aromatic heterocycles. The van der Waals surface area contributed by atoms with Crippen LogP contribution >= 0.6 is 0 Å². The molecule has 0 saturated heterocycles. The molecule has 96 valence electrons. The van der Waals surface area contributed by atoms with E-state index in [4.69, 9.17) is 16.9 Å². The van der Waals surface area contributed by atoms with Gasteiger partial charge in [0.2, 0.25) is 0 Å². The molecule has 0 atom stereocenters. The van der Waals surface area contributed by atoms with Crippen molar-refractivity contribution >= 4 is 11.8 Å². The molecule has 0 rings (SSSR count). The second kappa shape index (κ2) is 6.67. The Labute approximate surface area is 101 Å². The van der Waals surface area contributed by atoms with E-state index in [0.717, 1.165) is 0 Å². The highest BCUT2D eigenvalue weighted by molar-refractivity contribution is 5.94. The monoisotopic (exact) mass is 241 g/mol. The van der Waals surface area contributed by atoms with Crippen LogP contribution in [0.2, 0.25) is 0 Å². The minimum atomic E-state index is -0.653. The topological polar surface area (TPSA) is 91.5 Å². The van der Waals surface area contributed by atoms with Crippen molar-refractivity contribution in [3.63, 3.8) is 0 Å². The molecule has 0 unspecified atom stereocenters. The first-order chi connectivity index (χ1) is 7.79. The molecule has 0 fully saturated rings. The quantitative estimate of drug-likeness (QED) is 0.486. The molecule has 0 saturated carbocycles. The number of amidine groups is 1. The third-order valence-electron chi connectivity index (χ3n) is 1.85. The van der Waals surface area contributed by atoms with Crippen molar-refractivity contribution in [2.75, 3.05) is 6.54 Å². The maximum absolute atomic E-state index is 12.9. The fourth-order valence-electron chi connectivity index (χ4n) is 1.19. The van der Waals surface area contributed by atoms with Crippen LogP contribution in [0.15, 0.2) is 29.3 Å². The van der Waals surface area contributed by atoms with Gasteiger partial charge in [-0.25, -0.2) is 4.99 Å². The largest absolute Gasteiger partial charge is 0.393 e. The molecule has 0 heterocycles. The van der Waals surface area contributed by atoms with Crippen LogP contribution in [-0.4, -0.2) is 23.2 Å². The summed E-state index contributed by atoms with van der Waals surface area (Å²) in [6, 6.07) is 0. The second-order valence-electron chi connectivity index (χ2n) is 3.99. The first-order valence-electron chi connectivity index (χ1n) is 5.23. The lowest BCUT2D eigenvalue weighted by Crippen LogP contribution is -2.29. The Morgan fingerprint density at radius 3 is 2.35 bits per heavy atom. The van der Waals surface area contributed by atoms with Crippen molar-refractivity contribution in [2.24, 2.45) is 22.4 Å². The standard InChI is InChI=1S/C11H20FN5/c1-5-17(6-7(2)3)11(16-8(4)12)9(13)10(14)15/h5,7H,1,6,13H2,2-4H3,(H3,14,15)/b11-9-,16-8+. The molecule has 0 bridgehead atoms. The van der Waals surface area contributed by atoms with Crippen LogP contribution in [0.1, 0.15) is 20.8 Å². The zero-order valence-electron chi connectivity index (χ0n) is 10.5. The van der Waals surface area contributed by atoms with Gasteiger partial charge in [-0.3, -0.25) is 5.41 Å². The number of nitrogens with zero attached hydrogens (tertiary/aromatic N) is 2. The molecule has 0 aliphatic heterocycles. The number of halogens is 1. The third-order valence-corrected chi connectivity index (χ3v) is 1.85. The van der Waals surface area contributed by atoms with Crippen molar-refractivity contribution in [2.45, 2.75) is 20.8 Å². The Hall–Kier alpha value is -1.85. The molecule has 17 heavy (non-hydrogen) atoms. The lowest BCUT2D eigenvalue weighted by molar-refractivity contribution is 0.391. The van der Waals surface area contributed by atoms with Crippen LogP contribution in [0.3, 0.4) is 0 Å². The van der Waals surface area contributed by atoms with Crippen LogP contribution in [0, 0.1) is 11.3 Å². The first-order valence-corrected chi connectivity index (χ1v) is 5.23. The average Bonchev–Trinajstić information content (AvgIpc) is 2.21. The first kappa shape index (κ1) is 15.2. The van der Waals surface area contributed by atoms with E-state index in [0.29, 0.717) is 12.5 Å². The van der Waals surface area contributed by atoms with Gasteiger partial charge in [-0.15, -0.1) is 0 Å². The van der Waals surface area contributed by atoms with Crippen molar-refractivity contribution in [1.29, 1.82) is 5.41 Å². The Kier molecular flexibility index (Phi) is 5.95. The molecular weight excluding hydrogens is 221 g/mol. The molecule has 0 aliphatic carbocycles. The molecule has 0 amide bonds. The molecule has 5 N–H and O–H groups in total. The molecule has 5 nitrogen and oxygen atoms in total. The van der Waals surface area contributed by atoms with Crippen molar-refractivity contribution in [3.05, 3.63) is 24.3 Å². The summed E-state index contributed by atoms with van der Waals surface area (Å²) < 4.78 is 12.9. The summed E-state index contributed by atoms with van der Waals surface area (Å²) in [6.45, 7) is 9.36. The molecule has 0 aliphatic rings. The Bertz CT molecular complexity index is 353. The summed E-state index contributed by atoms with van der Waals surface area (Å²) in [5.74, 6) is -0.584. The maximum Gasteiger partial charge on any atom is 0.187 e. The second-order valence-corrected chi connectivity index (χ2v) is 3.99. The fraction of sp³-hybridized carbons (Fsp3) is 0.455. The van der Waals surface area contributed by atoms with Crippen molar-refractivity contribution in [3.8, 4) is 0 Å². The number of hydrogen-bond acceptors (Lipinski definition) is 4. The van der Waals surface area contributed by atoms with E-state index in [-0.39, 0.29) is 17.4 Å². The molecule has 0 spiro atoms. The minimum Gasteiger partial charge on any atom is -0.393 e. The van der Waals surface area contributed by atoms with Crippen LogP contribution in [0.5, 0.6) is 0 Å². The van der Waals surface area contributed by atoms with E-state index in [9.17, 15) is 4.39 Å². The molecular formula is C11H20FN5. The molecule has 0 aromatic rings. The number of nitrogens with one attached hydrogen (secondary N) is 1. The highest BCUT2D eigenvalue weighted by Gasteiger charge is 2.14. The smallest absolute Gasteiger partial charge is 0.187 e. The van der Waals surface area contributed by atoms with E-state index in [2.05, 4.69) is 11.6 Å². The lowest BCUT2D eigenvalue weighted by Gasteiger charge is -2.23. The summed E-state index contributed by atoms with van der Waals surface area (Å²) in [7, 11) is 0. The van der Waals surface area contributed by atoms with Crippen molar-refractivity contribution < 1.29 is 4.39 Å². The van der Waals surface area contributed by atoms with Gasteiger partial charge in [-0.05, 0) is 12.1 Å². The van der Waals surface area contributed by atoms with Crippen LogP contribution in [-0.2, 0) is 0 Å². The number of rotatable bonds is 6. The van der Waals surface area contributed by atoms with Gasteiger partial charge >= 0.3 is 0 Å². The van der Waals surface area contributed by atoms with Gasteiger partial charge in [0, 0.05) is 13.5 Å². The molecule has 0 aromatic carbocycles. The zero-order chi connectivity index (χ0) is 13.6. The van der Waals surface area contributed by atoms with E-state index >= 15 is 0 Å². The van der Waals surface area contributed by atoms with Gasteiger partial charge < -0.3 is 16.4 Å². The number of hydrogen-bond donors (Lipinski definition) is 3. The summed E-state index contributed by atoms with van der Waals surface area (Å²) in [5.41, 5.74) is 10.8. The number of nitrogens with two attached hydrogens (primary N) is 2. The third kappa shape index (κ3) is 5.14. The fourth-order valence-corrected chi connectivity index (χ4v) is 1.19. The van der Waals surface area contributed by atoms with Crippen LogP contribution < -0.4 is 11.5 Å². The van der Waals surface area contributed by atoms with E-state index in [1.54, 1.807) is 4.90 Å². The molecule has 6 heteroatoms. The van der Waals surface area contributed by atoms with Gasteiger partial charge in [0.15, 0.2) is 11.8 Å². The maximum atomic E-state index is 12.9. The van der Waals surface area contributed by atoms with E-state index in [1.807, 2.05) is 13.8 Å². The van der Waals surface area contributed by atoms with E-state index < -0.39 is 5.97 Å². The highest BCUT2D eigenvalue weighted by Crippen LogP contribution is 2.13. The van der Waals surface area contributed by atoms with Crippen molar-refractivity contribution in [1.82, 2.24) is 4.90 Å². The lowest BCUT2D eigenvalue weighted by atomic mass is 10.2. The summed E-state index contributed by atoms with van der Waals surface area (Å²) in [4.78, 5) is 5.23. The summed E-state index contributed by atoms with van der Waals surface area (Å²) in [6.07, 6.45) is 1.48. The van der Waals surface area contributed by atoms with Gasteiger partial charge in [-0.2, -0.15) is 4.39 Å². The van der Waals surface area contributed by atoms with Gasteiger partial charge in [-0.1, -0.05) is 20.4 Å². The van der Waals surface area contributed by atoms with Gasteiger partial charge in [0.1, 0.15) is 11.5 Å². The summed E-state index contributed by atoms with van der Waals surface area (Å²) in [5, 5.41) is 7.27. The van der Waals surface area contributed by atoms with Gasteiger partial charge in [0.05, 0.1) is 0 Å². The average molecular weight is 241 g/mol. The summed E-state index contributed by atoms with van der Waals surface area (Å²) >= 11 is 0. The molecule has 0 radical (unpaired) electrons. The van der Waals surface area contributed by atoms with Crippen LogP contribution in [0.4, 0.5) is 4.39 Å². The Morgan fingerprint density at radius 2 is 2.06 bits per heavy atom. The van der Waals surface area contributed by atoms with E-state index in [1.165, 1.54) is 13.1 Å². The van der Waals surface area contributed by atoms with Gasteiger partial charge in [0.25, 0.3) is 0 Å². The minimum absolute atomic E-state index is 0.0671. The Morgan fingerprint density at radius 1 is 1.53 bits per heavy atom. The highest BCUT2D eigenvalue weighted by atomic mass is 19.1. The zero-order valence-corrected chi connectivity index (χ0v) is 10.5. The van der Waals surface area contributed by atoms with Crippen LogP contribution in [0.25, 0.3) is 0 Å².